The number of thiophene rings is 1. The Labute approximate surface area is 157 Å². The summed E-state index contributed by atoms with van der Waals surface area (Å²) in [5.74, 6) is 0.693. The van der Waals surface area contributed by atoms with E-state index in [4.69, 9.17) is 4.74 Å². The summed E-state index contributed by atoms with van der Waals surface area (Å²) in [6.07, 6.45) is 0. The molecule has 1 fully saturated rings. The van der Waals surface area contributed by atoms with Gasteiger partial charge in [0.15, 0.2) is 6.61 Å². The molecule has 2 aromatic rings. The molecular weight excluding hydrogens is 350 g/mol. The highest BCUT2D eigenvalue weighted by molar-refractivity contribution is 7.08. The van der Waals surface area contributed by atoms with Crippen LogP contribution in [0.15, 0.2) is 47.2 Å². The maximum Gasteiger partial charge on any atom is 0.260 e. The van der Waals surface area contributed by atoms with Crippen LogP contribution >= 0.6 is 11.3 Å². The fourth-order valence-electron chi connectivity index (χ4n) is 2.80. The van der Waals surface area contributed by atoms with Gasteiger partial charge in [-0.05, 0) is 23.6 Å². The molecule has 26 heavy (non-hydrogen) atoms. The lowest BCUT2D eigenvalue weighted by molar-refractivity contribution is -0.135. The molecule has 1 aliphatic heterocycles. The van der Waals surface area contributed by atoms with Crippen LogP contribution in [0.1, 0.15) is 10.4 Å². The molecule has 3 rings (SSSR count). The summed E-state index contributed by atoms with van der Waals surface area (Å²) in [5.41, 5.74) is 0.712. The molecule has 0 saturated carbocycles. The van der Waals surface area contributed by atoms with Gasteiger partial charge in [0, 0.05) is 50.2 Å². The third-order valence-electron chi connectivity index (χ3n) is 4.33. The summed E-state index contributed by atoms with van der Waals surface area (Å²) in [4.78, 5) is 28.2. The molecule has 0 radical (unpaired) electrons. The molecule has 0 aliphatic carbocycles. The van der Waals surface area contributed by atoms with E-state index in [2.05, 4.69) is 10.2 Å². The van der Waals surface area contributed by atoms with E-state index in [1.165, 1.54) is 11.3 Å². The number of nitrogens with zero attached hydrogens (tertiary/aromatic N) is 2. The summed E-state index contributed by atoms with van der Waals surface area (Å²) >= 11 is 1.52. The third kappa shape index (κ3) is 5.31. The molecule has 2 heterocycles. The van der Waals surface area contributed by atoms with Crippen LogP contribution in [-0.2, 0) is 4.79 Å². The van der Waals surface area contributed by atoms with Gasteiger partial charge in [-0.2, -0.15) is 11.3 Å². The van der Waals surface area contributed by atoms with E-state index in [0.29, 0.717) is 30.9 Å². The van der Waals surface area contributed by atoms with Gasteiger partial charge < -0.3 is 15.0 Å². The van der Waals surface area contributed by atoms with Crippen molar-refractivity contribution in [3.8, 4) is 5.75 Å². The van der Waals surface area contributed by atoms with E-state index < -0.39 is 0 Å². The van der Waals surface area contributed by atoms with Gasteiger partial charge in [-0.1, -0.05) is 18.2 Å². The summed E-state index contributed by atoms with van der Waals surface area (Å²) in [5, 5.41) is 6.67. The topological polar surface area (TPSA) is 61.9 Å². The number of rotatable bonds is 7. The Morgan fingerprint density at radius 3 is 2.54 bits per heavy atom. The van der Waals surface area contributed by atoms with Crippen LogP contribution in [0.2, 0.25) is 0 Å². The summed E-state index contributed by atoms with van der Waals surface area (Å²) in [6.45, 7) is 4.47. The SMILES string of the molecule is O=C(NCCN1CCN(C(=O)COc2ccccc2)CC1)c1ccsc1. The molecule has 1 saturated heterocycles. The molecule has 138 valence electrons. The third-order valence-corrected chi connectivity index (χ3v) is 5.01. The number of carbonyl (C=O) groups excluding carboxylic acids is 2. The minimum Gasteiger partial charge on any atom is -0.484 e. The number of amides is 2. The van der Waals surface area contributed by atoms with Gasteiger partial charge in [-0.15, -0.1) is 0 Å². The van der Waals surface area contributed by atoms with Crippen LogP contribution in [0.5, 0.6) is 5.75 Å². The second-order valence-corrected chi connectivity index (χ2v) is 6.87. The predicted molar refractivity (Wildman–Crippen MR) is 102 cm³/mol. The quantitative estimate of drug-likeness (QED) is 0.803. The van der Waals surface area contributed by atoms with Crippen molar-refractivity contribution in [2.24, 2.45) is 0 Å². The minimum absolute atomic E-state index is 0.0132. The zero-order valence-corrected chi connectivity index (χ0v) is 15.4. The Hall–Kier alpha value is -2.38. The van der Waals surface area contributed by atoms with Crippen molar-refractivity contribution in [2.45, 2.75) is 0 Å². The monoisotopic (exact) mass is 373 g/mol. The van der Waals surface area contributed by atoms with Crippen LogP contribution in [0.25, 0.3) is 0 Å². The van der Waals surface area contributed by atoms with Crippen molar-refractivity contribution in [1.82, 2.24) is 15.1 Å². The van der Waals surface area contributed by atoms with Crippen molar-refractivity contribution >= 4 is 23.2 Å². The van der Waals surface area contributed by atoms with Gasteiger partial charge >= 0.3 is 0 Å². The number of nitrogens with one attached hydrogen (secondary N) is 1. The first-order valence-electron chi connectivity index (χ1n) is 8.71. The molecule has 0 unspecified atom stereocenters. The number of hydrogen-bond acceptors (Lipinski definition) is 5. The van der Waals surface area contributed by atoms with Crippen LogP contribution in [0.4, 0.5) is 0 Å². The average Bonchev–Trinajstić information content (AvgIpc) is 3.22. The highest BCUT2D eigenvalue weighted by Crippen LogP contribution is 2.09. The molecule has 1 aliphatic rings. The molecule has 0 spiro atoms. The zero-order valence-electron chi connectivity index (χ0n) is 14.6. The lowest BCUT2D eigenvalue weighted by atomic mass is 10.3. The fourth-order valence-corrected chi connectivity index (χ4v) is 3.43. The lowest BCUT2D eigenvalue weighted by Crippen LogP contribution is -2.51. The number of hydrogen-bond donors (Lipinski definition) is 1. The van der Waals surface area contributed by atoms with Gasteiger partial charge in [0.2, 0.25) is 0 Å². The molecule has 1 aromatic carbocycles. The van der Waals surface area contributed by atoms with Gasteiger partial charge in [0.25, 0.3) is 11.8 Å². The maximum absolute atomic E-state index is 12.2. The number of ether oxygens (including phenoxy) is 1. The Morgan fingerprint density at radius 2 is 1.85 bits per heavy atom. The Bertz CT molecular complexity index is 698. The molecular formula is C19H23N3O3S. The van der Waals surface area contributed by atoms with Gasteiger partial charge in [-0.3, -0.25) is 14.5 Å². The molecule has 0 atom stereocenters. The van der Waals surface area contributed by atoms with Crippen LogP contribution in [-0.4, -0.2) is 67.5 Å². The highest BCUT2D eigenvalue weighted by atomic mass is 32.1. The van der Waals surface area contributed by atoms with E-state index in [9.17, 15) is 9.59 Å². The van der Waals surface area contributed by atoms with E-state index in [1.807, 2.05) is 52.1 Å². The summed E-state index contributed by atoms with van der Waals surface area (Å²) in [7, 11) is 0. The maximum atomic E-state index is 12.2. The first-order valence-corrected chi connectivity index (χ1v) is 9.65. The minimum atomic E-state index is -0.0295. The molecule has 1 N–H and O–H groups in total. The molecule has 2 amide bonds. The van der Waals surface area contributed by atoms with E-state index in [0.717, 1.165) is 19.6 Å². The van der Waals surface area contributed by atoms with Crippen molar-refractivity contribution in [1.29, 1.82) is 0 Å². The number of carbonyl (C=O) groups is 2. The normalized spacial score (nSPS) is 14.8. The van der Waals surface area contributed by atoms with Crippen molar-refractivity contribution in [3.63, 3.8) is 0 Å². The number of benzene rings is 1. The predicted octanol–water partition coefficient (Wildman–Crippen LogP) is 1.70. The Balaban J connectivity index is 1.32. The van der Waals surface area contributed by atoms with Gasteiger partial charge in [0.05, 0.1) is 0 Å². The second-order valence-electron chi connectivity index (χ2n) is 6.09. The van der Waals surface area contributed by atoms with Crippen molar-refractivity contribution < 1.29 is 14.3 Å². The fraction of sp³-hybridized carbons (Fsp3) is 0.368. The standard InChI is InChI=1S/C19H23N3O3S/c23-18(14-25-17-4-2-1-3-5-17)22-11-9-21(10-12-22)8-7-20-19(24)16-6-13-26-15-16/h1-6,13,15H,7-12,14H2,(H,20,24). The zero-order chi connectivity index (χ0) is 18.2. The highest BCUT2D eigenvalue weighted by Gasteiger charge is 2.21. The summed E-state index contributed by atoms with van der Waals surface area (Å²) in [6, 6.07) is 11.2. The number of para-hydroxylation sites is 1. The van der Waals surface area contributed by atoms with Gasteiger partial charge in [0.1, 0.15) is 5.75 Å². The van der Waals surface area contributed by atoms with E-state index in [1.54, 1.807) is 0 Å². The Kier molecular flexibility index (Phi) is 6.62. The molecule has 0 bridgehead atoms. The molecule has 6 nitrogen and oxygen atoms in total. The van der Waals surface area contributed by atoms with Crippen molar-refractivity contribution in [3.05, 3.63) is 52.7 Å². The lowest BCUT2D eigenvalue weighted by Gasteiger charge is -2.34. The first kappa shape index (κ1) is 18.4. The largest absolute Gasteiger partial charge is 0.484 e. The van der Waals surface area contributed by atoms with Crippen LogP contribution in [0, 0.1) is 0 Å². The number of piperazine rings is 1. The van der Waals surface area contributed by atoms with Crippen LogP contribution < -0.4 is 10.1 Å². The molecule has 1 aromatic heterocycles. The second kappa shape index (κ2) is 9.35. The summed E-state index contributed by atoms with van der Waals surface area (Å²) < 4.78 is 5.52. The molecule has 7 heteroatoms. The van der Waals surface area contributed by atoms with Gasteiger partial charge in [-0.25, -0.2) is 0 Å². The average molecular weight is 373 g/mol. The smallest absolute Gasteiger partial charge is 0.260 e. The Morgan fingerprint density at radius 1 is 1.08 bits per heavy atom. The van der Waals surface area contributed by atoms with E-state index >= 15 is 0 Å². The van der Waals surface area contributed by atoms with E-state index in [-0.39, 0.29) is 18.4 Å². The van der Waals surface area contributed by atoms with Crippen molar-refractivity contribution in [2.75, 3.05) is 45.9 Å². The first-order chi connectivity index (χ1) is 12.7. The van der Waals surface area contributed by atoms with Crippen LogP contribution in [0.3, 0.4) is 0 Å².